The smallest absolute Gasteiger partial charge is 0.0568 e. The Morgan fingerprint density at radius 2 is 2.06 bits per heavy atom. The molecular weight excluding hydrogens is 222 g/mol. The van der Waals surface area contributed by atoms with Crippen molar-refractivity contribution >= 4 is 5.69 Å². The van der Waals surface area contributed by atoms with Gasteiger partial charge in [0.2, 0.25) is 0 Å². The maximum Gasteiger partial charge on any atom is 0.0568 e. The van der Waals surface area contributed by atoms with Gasteiger partial charge in [-0.1, -0.05) is 13.0 Å². The first-order valence-corrected chi connectivity index (χ1v) is 6.46. The van der Waals surface area contributed by atoms with E-state index in [1.54, 1.807) is 0 Å². The van der Waals surface area contributed by atoms with E-state index in [0.29, 0.717) is 0 Å². The van der Waals surface area contributed by atoms with Crippen LogP contribution in [0.25, 0.3) is 11.1 Å². The second-order valence-electron chi connectivity index (χ2n) is 5.44. The van der Waals surface area contributed by atoms with Gasteiger partial charge < -0.3 is 4.90 Å². The van der Waals surface area contributed by atoms with Gasteiger partial charge in [0.25, 0.3) is 0 Å². The van der Waals surface area contributed by atoms with Gasteiger partial charge in [0.05, 0.1) is 6.20 Å². The molecule has 0 unspecified atom stereocenters. The molecular formula is C15H19N3. The van der Waals surface area contributed by atoms with E-state index in [2.05, 4.69) is 48.4 Å². The van der Waals surface area contributed by atoms with Gasteiger partial charge in [0.1, 0.15) is 0 Å². The molecule has 0 spiro atoms. The number of benzene rings is 1. The fourth-order valence-electron chi connectivity index (χ4n) is 2.88. The van der Waals surface area contributed by atoms with Gasteiger partial charge in [-0.05, 0) is 35.6 Å². The summed E-state index contributed by atoms with van der Waals surface area (Å²) in [6.45, 7) is 3.47. The number of hydrogen-bond acceptors (Lipinski definition) is 2. The second-order valence-corrected chi connectivity index (χ2v) is 5.44. The summed E-state index contributed by atoms with van der Waals surface area (Å²) in [7, 11) is 4.13. The number of anilines is 1. The SMILES string of the molecule is C[C@H]1Cc2cc(-c3cnn(C)c3)ccc2N(C)C1. The van der Waals surface area contributed by atoms with Crippen LogP contribution in [0.5, 0.6) is 0 Å². The fraction of sp³-hybridized carbons (Fsp3) is 0.400. The van der Waals surface area contributed by atoms with E-state index < -0.39 is 0 Å². The van der Waals surface area contributed by atoms with Gasteiger partial charge in [-0.25, -0.2) is 0 Å². The van der Waals surface area contributed by atoms with Gasteiger partial charge in [-0.3, -0.25) is 4.68 Å². The molecule has 2 aromatic rings. The summed E-state index contributed by atoms with van der Waals surface area (Å²) in [5.41, 5.74) is 5.30. The van der Waals surface area contributed by atoms with E-state index in [4.69, 9.17) is 0 Å². The highest BCUT2D eigenvalue weighted by molar-refractivity contribution is 5.68. The lowest BCUT2D eigenvalue weighted by molar-refractivity contribution is 0.552. The van der Waals surface area contributed by atoms with Crippen LogP contribution in [-0.2, 0) is 13.5 Å². The van der Waals surface area contributed by atoms with Crippen LogP contribution in [0.4, 0.5) is 5.69 Å². The Labute approximate surface area is 108 Å². The molecule has 0 radical (unpaired) electrons. The summed E-state index contributed by atoms with van der Waals surface area (Å²) in [6.07, 6.45) is 5.17. The molecule has 1 aromatic carbocycles. The van der Waals surface area contributed by atoms with E-state index in [1.807, 2.05) is 17.9 Å². The first kappa shape index (κ1) is 11.3. The molecule has 3 rings (SSSR count). The Kier molecular flexibility index (Phi) is 2.62. The zero-order valence-corrected chi connectivity index (χ0v) is 11.2. The quantitative estimate of drug-likeness (QED) is 0.765. The van der Waals surface area contributed by atoms with Crippen molar-refractivity contribution < 1.29 is 0 Å². The van der Waals surface area contributed by atoms with Crippen LogP contribution >= 0.6 is 0 Å². The fourth-order valence-corrected chi connectivity index (χ4v) is 2.88. The number of fused-ring (bicyclic) bond motifs is 1. The van der Waals surface area contributed by atoms with E-state index in [-0.39, 0.29) is 0 Å². The highest BCUT2D eigenvalue weighted by Crippen LogP contribution is 2.32. The number of aryl methyl sites for hydroxylation is 1. The minimum atomic E-state index is 0.728. The molecule has 0 saturated carbocycles. The topological polar surface area (TPSA) is 21.1 Å². The first-order valence-electron chi connectivity index (χ1n) is 6.46. The molecule has 3 nitrogen and oxygen atoms in total. The number of rotatable bonds is 1. The monoisotopic (exact) mass is 241 g/mol. The number of aromatic nitrogens is 2. The third-order valence-electron chi connectivity index (χ3n) is 3.68. The minimum absolute atomic E-state index is 0.728. The van der Waals surface area contributed by atoms with Crippen molar-refractivity contribution in [3.8, 4) is 11.1 Å². The standard InChI is InChI=1S/C15H19N3/c1-11-6-13-7-12(14-8-16-18(3)10-14)4-5-15(13)17(2)9-11/h4-5,7-8,10-11H,6,9H2,1-3H3/t11-/m0/s1. The molecule has 0 amide bonds. The molecule has 1 atom stereocenters. The van der Waals surface area contributed by atoms with Gasteiger partial charge in [-0.15, -0.1) is 0 Å². The number of nitrogens with zero attached hydrogens (tertiary/aromatic N) is 3. The van der Waals surface area contributed by atoms with Crippen molar-refractivity contribution in [2.75, 3.05) is 18.5 Å². The molecule has 94 valence electrons. The molecule has 3 heteroatoms. The van der Waals surface area contributed by atoms with Crippen molar-refractivity contribution in [3.05, 3.63) is 36.2 Å². The van der Waals surface area contributed by atoms with E-state index in [1.165, 1.54) is 28.8 Å². The first-order chi connectivity index (χ1) is 8.63. The van der Waals surface area contributed by atoms with Gasteiger partial charge in [0.15, 0.2) is 0 Å². The molecule has 0 aliphatic carbocycles. The van der Waals surface area contributed by atoms with Crippen LogP contribution in [0.3, 0.4) is 0 Å². The van der Waals surface area contributed by atoms with Crippen LogP contribution in [0.1, 0.15) is 12.5 Å². The van der Waals surface area contributed by atoms with Crippen LogP contribution < -0.4 is 4.90 Å². The maximum absolute atomic E-state index is 4.24. The molecule has 2 heterocycles. The molecule has 0 bridgehead atoms. The molecule has 0 saturated heterocycles. The Morgan fingerprint density at radius 1 is 1.22 bits per heavy atom. The predicted octanol–water partition coefficient (Wildman–Crippen LogP) is 2.72. The number of hydrogen-bond donors (Lipinski definition) is 0. The highest BCUT2D eigenvalue weighted by atomic mass is 15.2. The Balaban J connectivity index is 2.03. The van der Waals surface area contributed by atoms with E-state index in [9.17, 15) is 0 Å². The molecule has 1 aliphatic rings. The lowest BCUT2D eigenvalue weighted by atomic mass is 9.92. The van der Waals surface area contributed by atoms with Gasteiger partial charge in [-0.2, -0.15) is 5.10 Å². The lowest BCUT2D eigenvalue weighted by Gasteiger charge is -2.32. The maximum atomic E-state index is 4.24. The highest BCUT2D eigenvalue weighted by Gasteiger charge is 2.19. The van der Waals surface area contributed by atoms with Crippen LogP contribution in [0, 0.1) is 5.92 Å². The zero-order valence-electron chi connectivity index (χ0n) is 11.2. The minimum Gasteiger partial charge on any atom is -0.374 e. The normalized spacial score (nSPS) is 18.8. The largest absolute Gasteiger partial charge is 0.374 e. The third-order valence-corrected chi connectivity index (χ3v) is 3.68. The average Bonchev–Trinajstić information content (AvgIpc) is 2.75. The molecule has 0 N–H and O–H groups in total. The molecule has 1 aliphatic heterocycles. The van der Waals surface area contributed by atoms with Crippen molar-refractivity contribution in [1.82, 2.24) is 9.78 Å². The van der Waals surface area contributed by atoms with E-state index >= 15 is 0 Å². The van der Waals surface area contributed by atoms with Crippen molar-refractivity contribution in [3.63, 3.8) is 0 Å². The summed E-state index contributed by atoms with van der Waals surface area (Å²) in [5, 5.41) is 4.24. The van der Waals surface area contributed by atoms with Gasteiger partial charge >= 0.3 is 0 Å². The zero-order chi connectivity index (χ0) is 12.7. The van der Waals surface area contributed by atoms with E-state index in [0.717, 1.165) is 12.5 Å². The Hall–Kier alpha value is -1.77. The summed E-state index contributed by atoms with van der Waals surface area (Å²) >= 11 is 0. The summed E-state index contributed by atoms with van der Waals surface area (Å²) in [5.74, 6) is 0.728. The molecule has 18 heavy (non-hydrogen) atoms. The van der Waals surface area contributed by atoms with Crippen LogP contribution in [-0.4, -0.2) is 23.4 Å². The molecule has 1 aromatic heterocycles. The van der Waals surface area contributed by atoms with Crippen molar-refractivity contribution in [2.45, 2.75) is 13.3 Å². The second kappa shape index (κ2) is 4.16. The van der Waals surface area contributed by atoms with Crippen molar-refractivity contribution in [1.29, 1.82) is 0 Å². The lowest BCUT2D eigenvalue weighted by Crippen LogP contribution is -2.30. The predicted molar refractivity (Wildman–Crippen MR) is 74.8 cm³/mol. The van der Waals surface area contributed by atoms with Gasteiger partial charge in [0, 0.05) is 38.1 Å². The average molecular weight is 241 g/mol. The Morgan fingerprint density at radius 3 is 2.78 bits per heavy atom. The summed E-state index contributed by atoms with van der Waals surface area (Å²) < 4.78 is 1.85. The summed E-state index contributed by atoms with van der Waals surface area (Å²) in [6, 6.07) is 6.75. The molecule has 0 fully saturated rings. The van der Waals surface area contributed by atoms with Crippen LogP contribution in [0.2, 0.25) is 0 Å². The Bertz CT molecular complexity index is 571. The third kappa shape index (κ3) is 1.90. The van der Waals surface area contributed by atoms with Crippen molar-refractivity contribution in [2.24, 2.45) is 13.0 Å². The summed E-state index contributed by atoms with van der Waals surface area (Å²) in [4.78, 5) is 2.36. The van der Waals surface area contributed by atoms with Crippen LogP contribution in [0.15, 0.2) is 30.6 Å².